The molecule has 0 fully saturated rings. The van der Waals surface area contributed by atoms with Gasteiger partial charge < -0.3 is 4.42 Å². The summed E-state index contributed by atoms with van der Waals surface area (Å²) < 4.78 is 27.9. The Labute approximate surface area is 97.9 Å². The summed E-state index contributed by atoms with van der Waals surface area (Å²) in [4.78, 5) is 10.5. The van der Waals surface area contributed by atoms with Gasteiger partial charge in [0.2, 0.25) is 10.0 Å². The number of carbonyl (C=O) groups is 1. The largest absolute Gasteiger partial charge is 0.453 e. The van der Waals surface area contributed by atoms with E-state index in [0.717, 1.165) is 0 Å². The minimum absolute atomic E-state index is 0.0354. The first-order valence-electron chi connectivity index (χ1n) is 4.69. The van der Waals surface area contributed by atoms with Crippen LogP contribution < -0.4 is 5.14 Å². The molecular formula is C11H9NO4S. The second-order valence-corrected chi connectivity index (χ2v) is 4.89. The minimum atomic E-state index is -3.83. The van der Waals surface area contributed by atoms with E-state index in [2.05, 4.69) is 0 Å². The Balaban J connectivity index is 2.63. The van der Waals surface area contributed by atoms with Crippen molar-refractivity contribution in [3.05, 3.63) is 42.2 Å². The van der Waals surface area contributed by atoms with E-state index < -0.39 is 10.0 Å². The summed E-state index contributed by atoms with van der Waals surface area (Å²) in [5, 5.41) is 5.10. The molecule has 5 nitrogen and oxygen atoms in total. The van der Waals surface area contributed by atoms with E-state index in [9.17, 15) is 13.2 Å². The lowest BCUT2D eigenvalue weighted by Crippen LogP contribution is -2.13. The summed E-state index contributed by atoms with van der Waals surface area (Å²) in [5.41, 5.74) is 0.336. The van der Waals surface area contributed by atoms with Gasteiger partial charge in [0.1, 0.15) is 5.76 Å². The Morgan fingerprint density at radius 1 is 1.12 bits per heavy atom. The molecule has 0 unspecified atom stereocenters. The van der Waals surface area contributed by atoms with Crippen LogP contribution in [0.25, 0.3) is 11.3 Å². The highest BCUT2D eigenvalue weighted by atomic mass is 32.2. The number of sulfonamides is 1. The van der Waals surface area contributed by atoms with Crippen LogP contribution in [0.4, 0.5) is 0 Å². The average molecular weight is 251 g/mol. The van der Waals surface area contributed by atoms with E-state index in [-0.39, 0.29) is 16.4 Å². The van der Waals surface area contributed by atoms with Crippen LogP contribution in [0.3, 0.4) is 0 Å². The number of hydrogen-bond donors (Lipinski definition) is 1. The summed E-state index contributed by atoms with van der Waals surface area (Å²) in [5.74, 6) is 0.418. The van der Waals surface area contributed by atoms with Crippen LogP contribution in [0.5, 0.6) is 0 Å². The Morgan fingerprint density at radius 3 is 2.41 bits per heavy atom. The average Bonchev–Trinajstić information content (AvgIpc) is 2.76. The predicted molar refractivity (Wildman–Crippen MR) is 60.9 cm³/mol. The molecule has 88 valence electrons. The lowest BCUT2D eigenvalue weighted by molar-refractivity contribution is 0.110. The molecule has 0 radical (unpaired) electrons. The van der Waals surface area contributed by atoms with Gasteiger partial charge in [0.15, 0.2) is 12.0 Å². The minimum Gasteiger partial charge on any atom is -0.453 e. The molecule has 0 amide bonds. The van der Waals surface area contributed by atoms with Gasteiger partial charge in [0.05, 0.1) is 4.90 Å². The first kappa shape index (κ1) is 11.6. The quantitative estimate of drug-likeness (QED) is 0.835. The molecule has 0 aliphatic carbocycles. The van der Waals surface area contributed by atoms with Gasteiger partial charge in [-0.15, -0.1) is 0 Å². The van der Waals surface area contributed by atoms with Crippen LogP contribution in [-0.4, -0.2) is 14.7 Å². The van der Waals surface area contributed by atoms with Crippen molar-refractivity contribution in [3.8, 4) is 11.3 Å². The molecule has 1 heterocycles. The van der Waals surface area contributed by atoms with Crippen LogP contribution in [0, 0.1) is 0 Å². The number of benzene rings is 1. The zero-order valence-corrected chi connectivity index (χ0v) is 9.48. The van der Waals surface area contributed by atoms with Gasteiger partial charge in [-0.05, 0) is 24.3 Å². The fourth-order valence-corrected chi connectivity index (χ4v) is 2.22. The van der Waals surface area contributed by atoms with E-state index in [4.69, 9.17) is 9.56 Å². The first-order valence-corrected chi connectivity index (χ1v) is 6.24. The van der Waals surface area contributed by atoms with E-state index in [1.165, 1.54) is 18.2 Å². The van der Waals surface area contributed by atoms with E-state index in [1.54, 1.807) is 18.2 Å². The molecule has 17 heavy (non-hydrogen) atoms. The number of hydrogen-bond acceptors (Lipinski definition) is 4. The molecule has 2 N–H and O–H groups in total. The van der Waals surface area contributed by atoms with Gasteiger partial charge in [-0.2, -0.15) is 0 Å². The number of primary sulfonamides is 1. The third kappa shape index (κ3) is 2.27. The summed E-state index contributed by atoms with van der Waals surface area (Å²) >= 11 is 0. The molecule has 0 atom stereocenters. The normalized spacial score (nSPS) is 11.4. The molecule has 0 aliphatic rings. The van der Waals surface area contributed by atoms with Gasteiger partial charge in [-0.25, -0.2) is 13.6 Å². The Hall–Kier alpha value is -1.92. The van der Waals surface area contributed by atoms with Crippen molar-refractivity contribution >= 4 is 16.3 Å². The lowest BCUT2D eigenvalue weighted by atomic mass is 10.2. The predicted octanol–water partition coefficient (Wildman–Crippen LogP) is 1.41. The van der Waals surface area contributed by atoms with Gasteiger partial charge in [0, 0.05) is 5.56 Å². The molecule has 0 saturated heterocycles. The fourth-order valence-electron chi connectivity index (χ4n) is 1.48. The number of furan rings is 1. The van der Waals surface area contributed by atoms with Gasteiger partial charge in [0.25, 0.3) is 0 Å². The van der Waals surface area contributed by atoms with Crippen molar-refractivity contribution in [2.45, 2.75) is 4.90 Å². The Bertz CT molecular complexity index is 658. The van der Waals surface area contributed by atoms with Crippen LogP contribution in [0.1, 0.15) is 10.6 Å². The second kappa shape index (κ2) is 4.15. The molecule has 2 aromatic rings. The van der Waals surface area contributed by atoms with Crippen LogP contribution in [-0.2, 0) is 10.0 Å². The van der Waals surface area contributed by atoms with Crippen molar-refractivity contribution in [2.75, 3.05) is 0 Å². The zero-order valence-electron chi connectivity index (χ0n) is 8.66. The van der Waals surface area contributed by atoms with Crippen LogP contribution >= 0.6 is 0 Å². The van der Waals surface area contributed by atoms with E-state index >= 15 is 0 Å². The number of nitrogens with two attached hydrogens (primary N) is 1. The monoisotopic (exact) mass is 251 g/mol. The van der Waals surface area contributed by atoms with Crippen LogP contribution in [0.2, 0.25) is 0 Å². The van der Waals surface area contributed by atoms with Gasteiger partial charge in [-0.1, -0.05) is 12.1 Å². The Kier molecular flexibility index (Phi) is 2.83. The van der Waals surface area contributed by atoms with E-state index in [0.29, 0.717) is 11.8 Å². The summed E-state index contributed by atoms with van der Waals surface area (Å²) in [6.45, 7) is 0. The molecule has 0 spiro atoms. The maximum atomic E-state index is 11.4. The summed E-state index contributed by atoms with van der Waals surface area (Å²) in [6, 6.07) is 9.15. The molecule has 0 saturated carbocycles. The molecule has 1 aromatic heterocycles. The molecule has 6 heteroatoms. The first-order chi connectivity index (χ1) is 8.02. The fraction of sp³-hybridized carbons (Fsp3) is 0. The SMILES string of the molecule is NS(=O)(=O)c1ccccc1-c1ccc(C=O)o1. The van der Waals surface area contributed by atoms with E-state index in [1.807, 2.05) is 0 Å². The van der Waals surface area contributed by atoms with Crippen molar-refractivity contribution in [3.63, 3.8) is 0 Å². The molecule has 1 aromatic carbocycles. The molecule has 2 rings (SSSR count). The molecule has 0 aliphatic heterocycles. The topological polar surface area (TPSA) is 90.4 Å². The highest BCUT2D eigenvalue weighted by Gasteiger charge is 2.16. The maximum Gasteiger partial charge on any atom is 0.238 e. The maximum absolute atomic E-state index is 11.4. The third-order valence-corrected chi connectivity index (χ3v) is 3.17. The number of carbonyl (C=O) groups excluding carboxylic acids is 1. The van der Waals surface area contributed by atoms with Crippen molar-refractivity contribution < 1.29 is 17.6 Å². The highest BCUT2D eigenvalue weighted by Crippen LogP contribution is 2.27. The summed E-state index contributed by atoms with van der Waals surface area (Å²) in [7, 11) is -3.83. The zero-order chi connectivity index (χ0) is 12.5. The highest BCUT2D eigenvalue weighted by molar-refractivity contribution is 7.89. The van der Waals surface area contributed by atoms with Crippen molar-refractivity contribution in [1.82, 2.24) is 0 Å². The molecule has 0 bridgehead atoms. The Morgan fingerprint density at radius 2 is 1.82 bits per heavy atom. The smallest absolute Gasteiger partial charge is 0.238 e. The molecular weight excluding hydrogens is 242 g/mol. The van der Waals surface area contributed by atoms with Crippen molar-refractivity contribution in [2.24, 2.45) is 5.14 Å². The van der Waals surface area contributed by atoms with Crippen molar-refractivity contribution in [1.29, 1.82) is 0 Å². The number of aldehydes is 1. The lowest BCUT2D eigenvalue weighted by Gasteiger charge is -2.04. The number of rotatable bonds is 3. The summed E-state index contributed by atoms with van der Waals surface area (Å²) in [6.07, 6.45) is 0.545. The van der Waals surface area contributed by atoms with Crippen LogP contribution in [0.15, 0.2) is 45.7 Å². The second-order valence-electron chi connectivity index (χ2n) is 3.36. The van der Waals surface area contributed by atoms with Gasteiger partial charge >= 0.3 is 0 Å². The van der Waals surface area contributed by atoms with Gasteiger partial charge in [-0.3, -0.25) is 4.79 Å². The standard InChI is InChI=1S/C11H9NO4S/c12-17(14,15)11-4-2-1-3-9(11)10-6-5-8(7-13)16-10/h1-7H,(H2,12,14,15). The third-order valence-electron chi connectivity index (χ3n) is 2.20.